The number of aromatic nitrogens is 1. The molecule has 0 unspecified atom stereocenters. The highest BCUT2D eigenvalue weighted by atomic mass is 16.5. The van der Waals surface area contributed by atoms with Gasteiger partial charge in [0.15, 0.2) is 0 Å². The van der Waals surface area contributed by atoms with Crippen molar-refractivity contribution in [1.29, 1.82) is 0 Å². The SMILES string of the molecule is Cc1cc(C2=NCc3cc4c(cc32)CCC(=O)N4O)ccn1. The van der Waals surface area contributed by atoms with E-state index in [9.17, 15) is 10.0 Å². The number of rotatable bonds is 1. The van der Waals surface area contributed by atoms with Gasteiger partial charge in [-0.15, -0.1) is 0 Å². The Labute approximate surface area is 127 Å². The number of fused-ring (bicyclic) bond motifs is 2. The molecule has 1 aromatic carbocycles. The van der Waals surface area contributed by atoms with Crippen LogP contribution < -0.4 is 5.06 Å². The molecule has 1 N–H and O–H groups in total. The normalized spacial score (nSPS) is 16.4. The van der Waals surface area contributed by atoms with Crippen molar-refractivity contribution in [2.75, 3.05) is 5.06 Å². The van der Waals surface area contributed by atoms with Crippen LogP contribution in [-0.2, 0) is 17.8 Å². The summed E-state index contributed by atoms with van der Waals surface area (Å²) in [5, 5.41) is 10.7. The predicted molar refractivity (Wildman–Crippen MR) is 82.4 cm³/mol. The van der Waals surface area contributed by atoms with Gasteiger partial charge in [-0.25, -0.2) is 0 Å². The smallest absolute Gasteiger partial charge is 0.251 e. The van der Waals surface area contributed by atoms with Crippen molar-refractivity contribution in [3.63, 3.8) is 0 Å². The summed E-state index contributed by atoms with van der Waals surface area (Å²) in [5.74, 6) is -0.253. The summed E-state index contributed by atoms with van der Waals surface area (Å²) in [6.45, 7) is 2.53. The van der Waals surface area contributed by atoms with E-state index in [1.807, 2.05) is 25.1 Å². The summed E-state index contributed by atoms with van der Waals surface area (Å²) >= 11 is 0. The second kappa shape index (κ2) is 4.74. The second-order valence-corrected chi connectivity index (χ2v) is 5.69. The quantitative estimate of drug-likeness (QED) is 0.821. The van der Waals surface area contributed by atoms with Gasteiger partial charge in [-0.1, -0.05) is 0 Å². The molecule has 0 fully saturated rings. The molecule has 5 heteroatoms. The molecule has 1 aromatic heterocycles. The lowest BCUT2D eigenvalue weighted by atomic mass is 9.93. The van der Waals surface area contributed by atoms with Gasteiger partial charge in [-0.05, 0) is 48.7 Å². The molecule has 0 radical (unpaired) electrons. The van der Waals surface area contributed by atoms with Crippen LogP contribution in [0, 0.1) is 6.92 Å². The third kappa shape index (κ3) is 1.94. The minimum Gasteiger partial charge on any atom is -0.281 e. The average Bonchev–Trinajstić information content (AvgIpc) is 2.92. The molecule has 5 nitrogen and oxygen atoms in total. The zero-order valence-corrected chi connectivity index (χ0v) is 12.2. The number of anilines is 1. The number of carbonyl (C=O) groups is 1. The molecule has 110 valence electrons. The average molecular weight is 293 g/mol. The van der Waals surface area contributed by atoms with Crippen molar-refractivity contribution in [2.24, 2.45) is 4.99 Å². The molecule has 3 heterocycles. The second-order valence-electron chi connectivity index (χ2n) is 5.69. The maximum absolute atomic E-state index is 11.6. The Morgan fingerprint density at radius 2 is 2.05 bits per heavy atom. The fraction of sp³-hybridized carbons (Fsp3) is 0.235. The number of carbonyl (C=O) groups excluding carboxylic acids is 1. The highest BCUT2D eigenvalue weighted by Crippen LogP contribution is 2.33. The molecule has 0 atom stereocenters. The van der Waals surface area contributed by atoms with Crippen LogP contribution in [-0.4, -0.2) is 21.8 Å². The molecule has 0 bridgehead atoms. The van der Waals surface area contributed by atoms with E-state index >= 15 is 0 Å². The number of pyridine rings is 1. The summed E-state index contributed by atoms with van der Waals surface area (Å²) < 4.78 is 0. The van der Waals surface area contributed by atoms with Gasteiger partial charge in [0.05, 0.1) is 17.9 Å². The van der Waals surface area contributed by atoms with E-state index in [2.05, 4.69) is 16.0 Å². The van der Waals surface area contributed by atoms with E-state index in [1.165, 1.54) is 0 Å². The Hall–Kier alpha value is -2.53. The first kappa shape index (κ1) is 13.2. The van der Waals surface area contributed by atoms with Gasteiger partial charge < -0.3 is 0 Å². The first-order valence-corrected chi connectivity index (χ1v) is 7.29. The van der Waals surface area contributed by atoms with E-state index in [0.29, 0.717) is 25.1 Å². The highest BCUT2D eigenvalue weighted by molar-refractivity contribution is 6.15. The summed E-state index contributed by atoms with van der Waals surface area (Å²) in [6.07, 6.45) is 2.78. The molecule has 2 aliphatic heterocycles. The van der Waals surface area contributed by atoms with Crippen LogP contribution in [0.1, 0.15) is 34.4 Å². The summed E-state index contributed by atoms with van der Waals surface area (Å²) in [6, 6.07) is 7.92. The first-order valence-electron chi connectivity index (χ1n) is 7.29. The zero-order chi connectivity index (χ0) is 15.3. The molecule has 22 heavy (non-hydrogen) atoms. The Morgan fingerprint density at radius 1 is 1.18 bits per heavy atom. The Morgan fingerprint density at radius 3 is 2.86 bits per heavy atom. The van der Waals surface area contributed by atoms with E-state index in [1.54, 1.807) is 6.20 Å². The van der Waals surface area contributed by atoms with Crippen LogP contribution in [0.2, 0.25) is 0 Å². The van der Waals surface area contributed by atoms with Crippen molar-refractivity contribution < 1.29 is 10.0 Å². The number of hydrogen-bond donors (Lipinski definition) is 1. The van der Waals surface area contributed by atoms with Crippen molar-refractivity contribution in [3.05, 3.63) is 58.4 Å². The molecule has 2 aromatic rings. The molecule has 0 aliphatic carbocycles. The van der Waals surface area contributed by atoms with Crippen LogP contribution >= 0.6 is 0 Å². The number of nitrogens with zero attached hydrogens (tertiary/aromatic N) is 3. The van der Waals surface area contributed by atoms with Crippen molar-refractivity contribution in [3.8, 4) is 0 Å². The van der Waals surface area contributed by atoms with Gasteiger partial charge in [-0.2, -0.15) is 5.06 Å². The van der Waals surface area contributed by atoms with Gasteiger partial charge in [0.2, 0.25) is 0 Å². The Balaban J connectivity index is 1.81. The molecule has 2 aliphatic rings. The maximum Gasteiger partial charge on any atom is 0.251 e. The Kier molecular flexibility index (Phi) is 2.84. The largest absolute Gasteiger partial charge is 0.281 e. The minimum absolute atomic E-state index is 0.253. The van der Waals surface area contributed by atoms with E-state index in [-0.39, 0.29) is 5.91 Å². The van der Waals surface area contributed by atoms with Crippen LogP contribution in [0.25, 0.3) is 0 Å². The number of hydroxylamine groups is 1. The van der Waals surface area contributed by atoms with Gasteiger partial charge in [0, 0.05) is 29.4 Å². The van der Waals surface area contributed by atoms with E-state index < -0.39 is 0 Å². The van der Waals surface area contributed by atoms with Crippen LogP contribution in [0.5, 0.6) is 0 Å². The van der Waals surface area contributed by atoms with Crippen molar-refractivity contribution in [1.82, 2.24) is 4.98 Å². The maximum atomic E-state index is 11.6. The zero-order valence-electron chi connectivity index (χ0n) is 12.2. The monoisotopic (exact) mass is 293 g/mol. The topological polar surface area (TPSA) is 65.8 Å². The fourth-order valence-corrected chi connectivity index (χ4v) is 3.10. The van der Waals surface area contributed by atoms with Crippen LogP contribution in [0.4, 0.5) is 5.69 Å². The highest BCUT2D eigenvalue weighted by Gasteiger charge is 2.27. The number of hydrogen-bond acceptors (Lipinski definition) is 4. The van der Waals surface area contributed by atoms with Gasteiger partial charge >= 0.3 is 0 Å². The van der Waals surface area contributed by atoms with Crippen LogP contribution in [0.15, 0.2) is 35.5 Å². The molecule has 0 saturated carbocycles. The molecule has 1 amide bonds. The van der Waals surface area contributed by atoms with Crippen molar-refractivity contribution >= 4 is 17.3 Å². The third-order valence-corrected chi connectivity index (χ3v) is 4.21. The third-order valence-electron chi connectivity index (χ3n) is 4.21. The number of amides is 1. The van der Waals surface area contributed by atoms with Gasteiger partial charge in [-0.3, -0.25) is 20.0 Å². The first-order chi connectivity index (χ1) is 10.6. The molecule has 0 spiro atoms. The number of aryl methyl sites for hydroxylation is 2. The Bertz CT molecular complexity index is 827. The van der Waals surface area contributed by atoms with Gasteiger partial charge in [0.25, 0.3) is 5.91 Å². The summed E-state index contributed by atoms with van der Waals surface area (Å²) in [4.78, 5) is 20.5. The lowest BCUT2D eigenvalue weighted by Crippen LogP contribution is -2.32. The van der Waals surface area contributed by atoms with Crippen molar-refractivity contribution in [2.45, 2.75) is 26.3 Å². The predicted octanol–water partition coefficient (Wildman–Crippen LogP) is 2.41. The summed E-state index contributed by atoms with van der Waals surface area (Å²) in [5.41, 5.74) is 6.69. The number of aliphatic imine (C=N–C) groups is 1. The molecule has 0 saturated heterocycles. The van der Waals surface area contributed by atoms with Gasteiger partial charge in [0.1, 0.15) is 0 Å². The van der Waals surface area contributed by atoms with E-state index in [0.717, 1.165) is 38.7 Å². The fourth-order valence-electron chi connectivity index (χ4n) is 3.10. The lowest BCUT2D eigenvalue weighted by molar-refractivity contribution is -0.124. The van der Waals surface area contributed by atoms with E-state index in [4.69, 9.17) is 0 Å². The standard InChI is InChI=1S/C17H15N3O2/c1-10-6-12(4-5-18-10)17-14-7-11-2-3-16(21)20(22)15(11)8-13(14)9-19-17/h4-8,22H,2-3,9H2,1H3. The molecular formula is C17H15N3O2. The molecule has 4 rings (SSSR count). The minimum atomic E-state index is -0.253. The van der Waals surface area contributed by atoms with Crippen LogP contribution in [0.3, 0.4) is 0 Å². The molecular weight excluding hydrogens is 278 g/mol. The summed E-state index contributed by atoms with van der Waals surface area (Å²) in [7, 11) is 0. The number of benzene rings is 1. The lowest BCUT2D eigenvalue weighted by Gasteiger charge is -2.24.